The van der Waals surface area contributed by atoms with E-state index in [4.69, 9.17) is 9.47 Å². The Kier molecular flexibility index (Phi) is 4.31. The van der Waals surface area contributed by atoms with Crippen molar-refractivity contribution in [1.82, 2.24) is 9.80 Å². The number of rotatable bonds is 3. The van der Waals surface area contributed by atoms with Gasteiger partial charge in [-0.1, -0.05) is 0 Å². The van der Waals surface area contributed by atoms with Gasteiger partial charge in [0.2, 0.25) is 5.91 Å². The zero-order chi connectivity index (χ0) is 15.7. The Morgan fingerprint density at radius 2 is 2.27 bits per heavy atom. The minimum Gasteiger partial charge on any atom is -0.496 e. The van der Waals surface area contributed by atoms with Gasteiger partial charge in [-0.15, -0.1) is 0 Å². The van der Waals surface area contributed by atoms with E-state index in [1.165, 1.54) is 19.2 Å². The first-order valence-corrected chi connectivity index (χ1v) is 7.50. The van der Waals surface area contributed by atoms with E-state index in [0.29, 0.717) is 31.0 Å². The summed E-state index contributed by atoms with van der Waals surface area (Å²) in [6.07, 6.45) is 0.224. The van der Waals surface area contributed by atoms with Gasteiger partial charge in [-0.05, 0) is 25.2 Å². The Morgan fingerprint density at radius 3 is 3.00 bits per heavy atom. The first-order chi connectivity index (χ1) is 10.6. The predicted molar refractivity (Wildman–Crippen MR) is 79.4 cm³/mol. The number of benzene rings is 1. The number of amides is 1. The number of likely N-dealkylation sites (N-methyl/N-ethyl adjacent to an activating group) is 1. The van der Waals surface area contributed by atoms with Crippen molar-refractivity contribution in [2.45, 2.75) is 18.6 Å². The summed E-state index contributed by atoms with van der Waals surface area (Å²) in [5.41, 5.74) is 0.580. The van der Waals surface area contributed by atoms with Gasteiger partial charge in [0.1, 0.15) is 11.6 Å². The van der Waals surface area contributed by atoms with Crippen molar-refractivity contribution in [3.8, 4) is 5.75 Å². The van der Waals surface area contributed by atoms with Crippen LogP contribution in [0.5, 0.6) is 5.75 Å². The Hall–Kier alpha value is -1.66. The Morgan fingerprint density at radius 1 is 1.45 bits per heavy atom. The minimum atomic E-state index is -0.359. The van der Waals surface area contributed by atoms with Crippen molar-refractivity contribution < 1.29 is 18.7 Å². The largest absolute Gasteiger partial charge is 0.496 e. The predicted octanol–water partition coefficient (Wildman–Crippen LogP) is 0.918. The molecular formula is C16H21FN2O3. The Bertz CT molecular complexity index is 566. The lowest BCUT2D eigenvalue weighted by atomic mass is 10.1. The number of hydrogen-bond acceptors (Lipinski definition) is 4. The Balaban J connectivity index is 1.69. The van der Waals surface area contributed by atoms with E-state index < -0.39 is 0 Å². The van der Waals surface area contributed by atoms with Gasteiger partial charge < -0.3 is 14.4 Å². The summed E-state index contributed by atoms with van der Waals surface area (Å²) in [5, 5.41) is 0. The fourth-order valence-corrected chi connectivity index (χ4v) is 3.22. The molecule has 0 unspecified atom stereocenters. The summed E-state index contributed by atoms with van der Waals surface area (Å²) in [4.78, 5) is 16.6. The van der Waals surface area contributed by atoms with Gasteiger partial charge in [-0.25, -0.2) is 4.39 Å². The first kappa shape index (κ1) is 15.2. The van der Waals surface area contributed by atoms with E-state index in [9.17, 15) is 9.18 Å². The molecule has 0 bridgehead atoms. The van der Waals surface area contributed by atoms with Crippen molar-refractivity contribution in [3.63, 3.8) is 0 Å². The average molecular weight is 308 g/mol. The summed E-state index contributed by atoms with van der Waals surface area (Å²) in [5.74, 6) is 0.164. The fraction of sp³-hybridized carbons (Fsp3) is 0.562. The lowest BCUT2D eigenvalue weighted by molar-refractivity contribution is -0.129. The Labute approximate surface area is 129 Å². The number of hydrogen-bond donors (Lipinski definition) is 0. The number of carbonyl (C=O) groups excluding carboxylic acids is 1. The van der Waals surface area contributed by atoms with Crippen LogP contribution in [0.1, 0.15) is 5.56 Å². The quantitative estimate of drug-likeness (QED) is 0.833. The highest BCUT2D eigenvalue weighted by molar-refractivity contribution is 5.80. The van der Waals surface area contributed by atoms with Gasteiger partial charge in [0, 0.05) is 25.2 Å². The highest BCUT2D eigenvalue weighted by Gasteiger charge is 2.40. The fourth-order valence-electron chi connectivity index (χ4n) is 3.22. The third-order valence-corrected chi connectivity index (χ3v) is 4.52. The van der Waals surface area contributed by atoms with E-state index in [-0.39, 0.29) is 30.3 Å². The normalized spacial score (nSPS) is 25.1. The number of fused-ring (bicyclic) bond motifs is 1. The molecule has 5 nitrogen and oxygen atoms in total. The molecule has 1 aromatic carbocycles. The van der Waals surface area contributed by atoms with Gasteiger partial charge in [-0.3, -0.25) is 9.69 Å². The van der Waals surface area contributed by atoms with Crippen LogP contribution in [0.25, 0.3) is 0 Å². The van der Waals surface area contributed by atoms with Gasteiger partial charge in [-0.2, -0.15) is 0 Å². The summed E-state index contributed by atoms with van der Waals surface area (Å²) in [6, 6.07) is 4.51. The molecule has 22 heavy (non-hydrogen) atoms. The summed E-state index contributed by atoms with van der Waals surface area (Å²) in [6.45, 7) is 2.86. The van der Waals surface area contributed by atoms with Crippen molar-refractivity contribution >= 4 is 5.91 Å². The number of morpholine rings is 1. The van der Waals surface area contributed by atoms with Crippen molar-refractivity contribution in [1.29, 1.82) is 0 Å². The van der Waals surface area contributed by atoms with Gasteiger partial charge in [0.05, 0.1) is 32.3 Å². The van der Waals surface area contributed by atoms with Crippen LogP contribution in [0.2, 0.25) is 0 Å². The van der Waals surface area contributed by atoms with Crippen LogP contribution in [-0.2, 0) is 16.0 Å². The van der Waals surface area contributed by atoms with Gasteiger partial charge in [0.25, 0.3) is 0 Å². The summed E-state index contributed by atoms with van der Waals surface area (Å²) in [7, 11) is 3.58. The second-order valence-electron chi connectivity index (χ2n) is 5.89. The molecule has 0 spiro atoms. The second kappa shape index (κ2) is 6.22. The number of nitrogens with zero attached hydrogens (tertiary/aromatic N) is 2. The van der Waals surface area contributed by atoms with Crippen LogP contribution >= 0.6 is 0 Å². The lowest BCUT2D eigenvalue weighted by Crippen LogP contribution is -2.48. The van der Waals surface area contributed by atoms with E-state index in [1.807, 2.05) is 4.90 Å². The standard InChI is InChI=1S/C16H21FN2O3/c1-18-5-6-22-15-10-19(9-13(15)18)16(20)8-11-7-12(17)3-4-14(11)21-2/h3-4,7,13,15H,5-6,8-10H2,1-2H3/t13-,15+/m0/s1. The minimum absolute atomic E-state index is 0.0182. The number of methoxy groups -OCH3 is 1. The maximum absolute atomic E-state index is 13.4. The van der Waals surface area contributed by atoms with Gasteiger partial charge >= 0.3 is 0 Å². The van der Waals surface area contributed by atoms with Gasteiger partial charge in [0.15, 0.2) is 0 Å². The second-order valence-corrected chi connectivity index (χ2v) is 5.89. The highest BCUT2D eigenvalue weighted by atomic mass is 19.1. The summed E-state index contributed by atoms with van der Waals surface area (Å²) < 4.78 is 24.3. The van der Waals surface area contributed by atoms with Crippen molar-refractivity contribution in [3.05, 3.63) is 29.6 Å². The molecule has 6 heteroatoms. The molecule has 2 saturated heterocycles. The van der Waals surface area contributed by atoms with Crippen LogP contribution in [0.4, 0.5) is 4.39 Å². The number of likely N-dealkylation sites (tertiary alicyclic amines) is 1. The SMILES string of the molecule is COc1ccc(F)cc1CC(=O)N1C[C@H]2OCCN(C)[C@H]2C1. The molecule has 1 amide bonds. The zero-order valence-corrected chi connectivity index (χ0v) is 12.9. The molecule has 2 fully saturated rings. The van der Waals surface area contributed by atoms with Crippen LogP contribution in [0.3, 0.4) is 0 Å². The van der Waals surface area contributed by atoms with Crippen LogP contribution in [0.15, 0.2) is 18.2 Å². The van der Waals surface area contributed by atoms with Crippen molar-refractivity contribution in [2.75, 3.05) is 40.4 Å². The number of ether oxygens (including phenoxy) is 2. The molecule has 2 aliphatic heterocycles. The molecule has 0 aliphatic carbocycles. The topological polar surface area (TPSA) is 42.0 Å². The maximum atomic E-state index is 13.4. The molecule has 120 valence electrons. The molecule has 0 aromatic heterocycles. The molecule has 2 atom stereocenters. The van der Waals surface area contributed by atoms with Crippen molar-refractivity contribution in [2.24, 2.45) is 0 Å². The smallest absolute Gasteiger partial charge is 0.227 e. The highest BCUT2D eigenvalue weighted by Crippen LogP contribution is 2.24. The third kappa shape index (κ3) is 2.94. The third-order valence-electron chi connectivity index (χ3n) is 4.52. The molecule has 0 N–H and O–H groups in total. The van der Waals surface area contributed by atoms with E-state index >= 15 is 0 Å². The molecule has 3 rings (SSSR count). The van der Waals surface area contributed by atoms with Crippen LogP contribution in [0, 0.1) is 5.82 Å². The average Bonchev–Trinajstić information content (AvgIpc) is 2.93. The van der Waals surface area contributed by atoms with E-state index in [2.05, 4.69) is 11.9 Å². The molecule has 2 aliphatic rings. The molecule has 2 heterocycles. The van der Waals surface area contributed by atoms with Crippen LogP contribution < -0.4 is 4.74 Å². The van der Waals surface area contributed by atoms with E-state index in [1.54, 1.807) is 6.07 Å². The molecular weight excluding hydrogens is 287 g/mol. The van der Waals surface area contributed by atoms with E-state index in [0.717, 1.165) is 6.54 Å². The number of carbonyl (C=O) groups is 1. The monoisotopic (exact) mass is 308 g/mol. The molecule has 1 aromatic rings. The maximum Gasteiger partial charge on any atom is 0.227 e. The molecule has 0 saturated carbocycles. The molecule has 0 radical (unpaired) electrons. The summed E-state index contributed by atoms with van der Waals surface area (Å²) >= 11 is 0. The lowest BCUT2D eigenvalue weighted by Gasteiger charge is -2.33. The zero-order valence-electron chi connectivity index (χ0n) is 12.9. The number of halogens is 1. The first-order valence-electron chi connectivity index (χ1n) is 7.50. The van der Waals surface area contributed by atoms with Crippen LogP contribution in [-0.4, -0.2) is 68.3 Å².